The van der Waals surface area contributed by atoms with Gasteiger partial charge in [-0.2, -0.15) is 0 Å². The van der Waals surface area contributed by atoms with Crippen molar-refractivity contribution in [2.24, 2.45) is 0 Å². The number of hydrogen-bond acceptors (Lipinski definition) is 2. The fraction of sp³-hybridized carbons (Fsp3) is 0.368. The molecule has 0 saturated heterocycles. The molecule has 21 heavy (non-hydrogen) atoms. The number of nitrogens with zero attached hydrogens (tertiary/aromatic N) is 1. The summed E-state index contributed by atoms with van der Waals surface area (Å²) in [6.07, 6.45) is 1.02. The summed E-state index contributed by atoms with van der Waals surface area (Å²) in [5, 5.41) is 3.77. The largest absolute Gasteiger partial charge is 0.308 e. The van der Waals surface area contributed by atoms with Crippen molar-refractivity contribution in [2.45, 2.75) is 25.4 Å². The Morgan fingerprint density at radius 1 is 0.905 bits per heavy atom. The van der Waals surface area contributed by atoms with E-state index in [1.54, 1.807) is 0 Å². The minimum absolute atomic E-state index is 0.351. The van der Waals surface area contributed by atoms with Crippen LogP contribution in [0, 0.1) is 0 Å². The van der Waals surface area contributed by atoms with Crippen molar-refractivity contribution in [2.75, 3.05) is 20.6 Å². The molecule has 2 atom stereocenters. The molecule has 0 heterocycles. The van der Waals surface area contributed by atoms with Crippen LogP contribution in [0.3, 0.4) is 0 Å². The number of nitrogens with one attached hydrogen (secondary N) is 1. The molecule has 2 nitrogen and oxygen atoms in total. The van der Waals surface area contributed by atoms with Crippen LogP contribution in [0.4, 0.5) is 0 Å². The van der Waals surface area contributed by atoms with Gasteiger partial charge in [0.15, 0.2) is 0 Å². The summed E-state index contributed by atoms with van der Waals surface area (Å²) in [5.41, 5.74) is 2.72. The minimum Gasteiger partial charge on any atom is -0.308 e. The molecule has 0 fully saturated rings. The van der Waals surface area contributed by atoms with Crippen molar-refractivity contribution in [3.63, 3.8) is 0 Å². The lowest BCUT2D eigenvalue weighted by molar-refractivity contribution is 0.328. The lowest BCUT2D eigenvalue weighted by Crippen LogP contribution is -2.38. The molecule has 0 aliphatic carbocycles. The Bertz CT molecular complexity index is 508. The highest BCUT2D eigenvalue weighted by Gasteiger charge is 2.15. The zero-order chi connectivity index (χ0) is 15.1. The third-order valence-corrected chi connectivity index (χ3v) is 3.61. The van der Waals surface area contributed by atoms with E-state index in [2.05, 4.69) is 91.9 Å². The van der Waals surface area contributed by atoms with E-state index in [4.69, 9.17) is 0 Å². The van der Waals surface area contributed by atoms with Gasteiger partial charge in [-0.05, 0) is 38.6 Å². The molecule has 2 heteroatoms. The average molecular weight is 282 g/mol. The number of likely N-dealkylation sites (N-methyl/N-ethyl adjacent to an activating group) is 1. The van der Waals surface area contributed by atoms with Crippen LogP contribution in [0.25, 0.3) is 0 Å². The molecule has 0 aliphatic heterocycles. The summed E-state index contributed by atoms with van der Waals surface area (Å²) in [4.78, 5) is 2.22. The molecule has 0 aromatic heterocycles. The Balaban J connectivity index is 2.11. The lowest BCUT2D eigenvalue weighted by Gasteiger charge is -2.26. The van der Waals surface area contributed by atoms with E-state index in [1.165, 1.54) is 11.1 Å². The van der Waals surface area contributed by atoms with Crippen molar-refractivity contribution in [3.05, 3.63) is 71.8 Å². The molecule has 0 saturated carbocycles. The minimum atomic E-state index is 0.351. The SMILES string of the molecule is CC(CN(C)C)NC(Cc1ccccc1)c1ccccc1. The molecule has 0 aliphatic rings. The quantitative estimate of drug-likeness (QED) is 0.836. The average Bonchev–Trinajstić information content (AvgIpc) is 2.48. The second-order valence-corrected chi connectivity index (χ2v) is 5.98. The fourth-order valence-corrected chi connectivity index (χ4v) is 2.75. The Hall–Kier alpha value is -1.64. The van der Waals surface area contributed by atoms with E-state index in [-0.39, 0.29) is 0 Å². The fourth-order valence-electron chi connectivity index (χ4n) is 2.75. The van der Waals surface area contributed by atoms with Crippen molar-refractivity contribution >= 4 is 0 Å². The predicted molar refractivity (Wildman–Crippen MR) is 90.5 cm³/mol. The molecular weight excluding hydrogens is 256 g/mol. The van der Waals surface area contributed by atoms with Gasteiger partial charge in [0.2, 0.25) is 0 Å². The monoisotopic (exact) mass is 282 g/mol. The van der Waals surface area contributed by atoms with Gasteiger partial charge in [0.05, 0.1) is 0 Å². The van der Waals surface area contributed by atoms with E-state index >= 15 is 0 Å². The van der Waals surface area contributed by atoms with Gasteiger partial charge in [0, 0.05) is 18.6 Å². The van der Waals surface area contributed by atoms with E-state index < -0.39 is 0 Å². The van der Waals surface area contributed by atoms with Crippen LogP contribution in [0.2, 0.25) is 0 Å². The van der Waals surface area contributed by atoms with Gasteiger partial charge in [-0.1, -0.05) is 60.7 Å². The first kappa shape index (κ1) is 15.7. The number of rotatable bonds is 7. The van der Waals surface area contributed by atoms with E-state index in [9.17, 15) is 0 Å². The molecule has 1 N–H and O–H groups in total. The van der Waals surface area contributed by atoms with Crippen LogP contribution in [-0.2, 0) is 6.42 Å². The zero-order valence-corrected chi connectivity index (χ0v) is 13.3. The first-order valence-electron chi connectivity index (χ1n) is 7.65. The summed E-state index contributed by atoms with van der Waals surface area (Å²) in [6, 6.07) is 22.2. The van der Waals surface area contributed by atoms with Gasteiger partial charge in [0.25, 0.3) is 0 Å². The van der Waals surface area contributed by atoms with Gasteiger partial charge >= 0.3 is 0 Å². The maximum Gasteiger partial charge on any atom is 0.0363 e. The standard InChI is InChI=1S/C19H26N2/c1-16(15-21(2)3)20-19(18-12-8-5-9-13-18)14-17-10-6-4-7-11-17/h4-13,16,19-20H,14-15H2,1-3H3. The second-order valence-electron chi connectivity index (χ2n) is 5.98. The molecule has 112 valence electrons. The molecule has 2 aromatic rings. The normalized spacial score (nSPS) is 14.1. The van der Waals surface area contributed by atoms with E-state index in [0.29, 0.717) is 12.1 Å². The molecule has 0 amide bonds. The van der Waals surface area contributed by atoms with Crippen LogP contribution in [0.15, 0.2) is 60.7 Å². The molecule has 2 unspecified atom stereocenters. The van der Waals surface area contributed by atoms with Gasteiger partial charge in [-0.15, -0.1) is 0 Å². The lowest BCUT2D eigenvalue weighted by atomic mass is 9.98. The Morgan fingerprint density at radius 3 is 2.05 bits per heavy atom. The topological polar surface area (TPSA) is 15.3 Å². The molecule has 0 spiro atoms. The Kier molecular flexibility index (Phi) is 5.97. The Morgan fingerprint density at radius 2 is 1.48 bits per heavy atom. The summed E-state index contributed by atoms with van der Waals surface area (Å²) in [7, 11) is 4.24. The highest BCUT2D eigenvalue weighted by atomic mass is 15.1. The summed E-state index contributed by atoms with van der Waals surface area (Å²) >= 11 is 0. The zero-order valence-electron chi connectivity index (χ0n) is 13.3. The van der Waals surface area contributed by atoms with Crippen LogP contribution >= 0.6 is 0 Å². The van der Waals surface area contributed by atoms with Crippen molar-refractivity contribution < 1.29 is 0 Å². The van der Waals surface area contributed by atoms with Crippen LogP contribution in [-0.4, -0.2) is 31.6 Å². The second kappa shape index (κ2) is 7.96. The maximum atomic E-state index is 3.77. The Labute approximate surface area is 128 Å². The third-order valence-electron chi connectivity index (χ3n) is 3.61. The summed E-state index contributed by atoms with van der Waals surface area (Å²) in [6.45, 7) is 3.29. The van der Waals surface area contributed by atoms with Crippen LogP contribution < -0.4 is 5.32 Å². The summed E-state index contributed by atoms with van der Waals surface area (Å²) < 4.78 is 0. The van der Waals surface area contributed by atoms with Gasteiger partial charge < -0.3 is 10.2 Å². The first-order valence-corrected chi connectivity index (χ1v) is 7.65. The van der Waals surface area contributed by atoms with Crippen molar-refractivity contribution in [1.29, 1.82) is 0 Å². The molecule has 0 radical (unpaired) electrons. The molecular formula is C19H26N2. The van der Waals surface area contributed by atoms with E-state index in [0.717, 1.165) is 13.0 Å². The van der Waals surface area contributed by atoms with Gasteiger partial charge in [-0.25, -0.2) is 0 Å². The highest BCUT2D eigenvalue weighted by Crippen LogP contribution is 2.19. The van der Waals surface area contributed by atoms with Crippen LogP contribution in [0.5, 0.6) is 0 Å². The van der Waals surface area contributed by atoms with Crippen molar-refractivity contribution in [1.82, 2.24) is 10.2 Å². The highest BCUT2D eigenvalue weighted by molar-refractivity contribution is 5.23. The van der Waals surface area contributed by atoms with Gasteiger partial charge in [0.1, 0.15) is 0 Å². The number of benzene rings is 2. The smallest absolute Gasteiger partial charge is 0.0363 e. The van der Waals surface area contributed by atoms with E-state index in [1.807, 2.05) is 0 Å². The number of hydrogen-bond donors (Lipinski definition) is 1. The predicted octanol–water partition coefficient (Wildman–Crippen LogP) is 3.51. The molecule has 2 aromatic carbocycles. The molecule has 2 rings (SSSR count). The summed E-state index contributed by atoms with van der Waals surface area (Å²) in [5.74, 6) is 0. The first-order chi connectivity index (χ1) is 10.1. The maximum absolute atomic E-state index is 3.77. The van der Waals surface area contributed by atoms with Gasteiger partial charge in [-0.3, -0.25) is 0 Å². The van der Waals surface area contributed by atoms with Crippen LogP contribution in [0.1, 0.15) is 24.1 Å². The third kappa shape index (κ3) is 5.33. The van der Waals surface area contributed by atoms with Crippen molar-refractivity contribution in [3.8, 4) is 0 Å². The molecule has 0 bridgehead atoms.